The minimum atomic E-state index is -0.505. The molecule has 0 bridgehead atoms. The Morgan fingerprint density at radius 2 is 2.00 bits per heavy atom. The number of benzene rings is 2. The molecule has 0 unspecified atom stereocenters. The third-order valence-corrected chi connectivity index (χ3v) is 3.88. The number of anilines is 1. The van der Waals surface area contributed by atoms with Crippen LogP contribution in [0.3, 0.4) is 0 Å². The molecule has 0 aromatic heterocycles. The fourth-order valence-electron chi connectivity index (χ4n) is 2.80. The summed E-state index contributed by atoms with van der Waals surface area (Å²) in [6.45, 7) is 0.658. The van der Waals surface area contributed by atoms with Crippen LogP contribution in [0.5, 0.6) is 0 Å². The van der Waals surface area contributed by atoms with Crippen LogP contribution in [0.4, 0.5) is 5.69 Å². The molecule has 0 atom stereocenters. The monoisotopic (exact) mass is 296 g/mol. The number of carbonyl (C=O) groups is 2. The van der Waals surface area contributed by atoms with Crippen molar-refractivity contribution in [3.63, 3.8) is 0 Å². The fraction of sp³-hybridized carbons (Fsp3) is 0.176. The summed E-state index contributed by atoms with van der Waals surface area (Å²) >= 11 is 0. The third kappa shape index (κ3) is 2.46. The molecule has 1 aliphatic heterocycles. The molecule has 1 amide bonds. The van der Waals surface area contributed by atoms with Gasteiger partial charge < -0.3 is 4.90 Å². The van der Waals surface area contributed by atoms with E-state index in [0.717, 1.165) is 11.3 Å². The number of fused-ring (bicyclic) bond motifs is 2. The first kappa shape index (κ1) is 14.3. The Labute approximate surface area is 128 Å². The predicted molar refractivity (Wildman–Crippen MR) is 82.1 cm³/mol. The van der Waals surface area contributed by atoms with Crippen molar-refractivity contribution < 1.29 is 14.8 Å². The van der Waals surface area contributed by atoms with Crippen molar-refractivity contribution in [2.45, 2.75) is 13.0 Å². The third-order valence-electron chi connectivity index (χ3n) is 3.88. The predicted octanol–water partition coefficient (Wildman–Crippen LogP) is 1.92. The normalized spacial score (nSPS) is 13.2. The van der Waals surface area contributed by atoms with E-state index in [1.807, 2.05) is 42.3 Å². The van der Waals surface area contributed by atoms with Crippen LogP contribution < -0.4 is 10.4 Å². The van der Waals surface area contributed by atoms with Gasteiger partial charge >= 0.3 is 0 Å². The molecular weight excluding hydrogens is 280 g/mol. The molecule has 112 valence electrons. The Kier molecular flexibility index (Phi) is 3.65. The highest BCUT2D eigenvalue weighted by atomic mass is 16.5. The van der Waals surface area contributed by atoms with Gasteiger partial charge in [-0.15, -0.1) is 0 Å². The average molecular weight is 296 g/mol. The first-order chi connectivity index (χ1) is 10.6. The number of rotatable bonds is 2. The van der Waals surface area contributed by atoms with Gasteiger partial charge in [-0.05, 0) is 23.3 Å². The number of hydroxylamine groups is 1. The maximum atomic E-state index is 12.8. The number of carbonyl (C=O) groups excluding carboxylic acids is 2. The summed E-state index contributed by atoms with van der Waals surface area (Å²) in [5, 5.41) is 8.63. The molecule has 0 saturated heterocycles. The second kappa shape index (κ2) is 5.61. The number of nitrogens with one attached hydrogen (secondary N) is 1. The van der Waals surface area contributed by atoms with E-state index in [0.29, 0.717) is 23.2 Å². The molecule has 5 heteroatoms. The van der Waals surface area contributed by atoms with Crippen LogP contribution in [0, 0.1) is 0 Å². The lowest BCUT2D eigenvalue weighted by atomic mass is 9.97. The van der Waals surface area contributed by atoms with Crippen molar-refractivity contribution in [3.8, 4) is 0 Å². The van der Waals surface area contributed by atoms with E-state index in [1.165, 1.54) is 0 Å². The second-order valence-corrected chi connectivity index (χ2v) is 5.41. The van der Waals surface area contributed by atoms with E-state index in [-0.39, 0.29) is 12.2 Å². The van der Waals surface area contributed by atoms with Crippen LogP contribution in [0.1, 0.15) is 27.0 Å². The molecule has 5 nitrogen and oxygen atoms in total. The van der Waals surface area contributed by atoms with Crippen molar-refractivity contribution in [2.75, 3.05) is 11.9 Å². The maximum absolute atomic E-state index is 12.8. The van der Waals surface area contributed by atoms with Crippen LogP contribution in [-0.2, 0) is 17.8 Å². The summed E-state index contributed by atoms with van der Waals surface area (Å²) in [6, 6.07) is 12.9. The zero-order chi connectivity index (χ0) is 15.7. The second-order valence-electron chi connectivity index (χ2n) is 5.41. The Morgan fingerprint density at radius 1 is 1.23 bits per heavy atom. The van der Waals surface area contributed by atoms with E-state index < -0.39 is 5.91 Å². The summed E-state index contributed by atoms with van der Waals surface area (Å²) in [7, 11) is 1.94. The van der Waals surface area contributed by atoms with Crippen molar-refractivity contribution in [3.05, 3.63) is 64.7 Å². The molecule has 22 heavy (non-hydrogen) atoms. The van der Waals surface area contributed by atoms with E-state index in [2.05, 4.69) is 0 Å². The van der Waals surface area contributed by atoms with Gasteiger partial charge in [0, 0.05) is 30.4 Å². The Bertz CT molecular complexity index is 755. The highest BCUT2D eigenvalue weighted by Crippen LogP contribution is 2.30. The minimum absolute atomic E-state index is 0.0302. The van der Waals surface area contributed by atoms with Crippen molar-refractivity contribution >= 4 is 17.4 Å². The van der Waals surface area contributed by atoms with Gasteiger partial charge in [-0.2, -0.15) is 0 Å². The summed E-state index contributed by atoms with van der Waals surface area (Å²) in [5.74, 6) is -0.545. The quantitative estimate of drug-likeness (QED) is 0.656. The average Bonchev–Trinajstić information content (AvgIpc) is 2.63. The van der Waals surface area contributed by atoms with Crippen LogP contribution in [0.25, 0.3) is 0 Å². The maximum Gasteiger partial charge on any atom is 0.247 e. The lowest BCUT2D eigenvalue weighted by molar-refractivity contribution is -0.128. The van der Waals surface area contributed by atoms with Gasteiger partial charge in [0.25, 0.3) is 0 Å². The van der Waals surface area contributed by atoms with E-state index in [4.69, 9.17) is 5.21 Å². The summed E-state index contributed by atoms with van der Waals surface area (Å²) in [4.78, 5) is 26.1. The van der Waals surface area contributed by atoms with Crippen LogP contribution in [0.15, 0.2) is 42.5 Å². The van der Waals surface area contributed by atoms with E-state index in [9.17, 15) is 9.59 Å². The molecule has 2 N–H and O–H groups in total. The highest BCUT2D eigenvalue weighted by Gasteiger charge is 2.23. The molecule has 0 saturated carbocycles. The molecule has 0 aliphatic carbocycles. The number of nitrogens with zero attached hydrogens (tertiary/aromatic N) is 1. The van der Waals surface area contributed by atoms with E-state index >= 15 is 0 Å². The fourth-order valence-corrected chi connectivity index (χ4v) is 2.80. The molecule has 1 aliphatic rings. The molecule has 2 aromatic rings. The van der Waals surface area contributed by atoms with Gasteiger partial charge in [-0.3, -0.25) is 14.8 Å². The SMILES string of the molecule is CN1Cc2ccccc2C(=O)c2cc(CC(=O)NO)ccc21. The minimum Gasteiger partial charge on any atom is -0.370 e. The van der Waals surface area contributed by atoms with Gasteiger partial charge in [0.2, 0.25) is 5.91 Å². The topological polar surface area (TPSA) is 69.6 Å². The van der Waals surface area contributed by atoms with E-state index in [1.54, 1.807) is 17.6 Å². The van der Waals surface area contributed by atoms with Crippen LogP contribution >= 0.6 is 0 Å². The molecule has 0 spiro atoms. The molecule has 3 rings (SSSR count). The Balaban J connectivity index is 2.08. The molecule has 1 heterocycles. The van der Waals surface area contributed by atoms with Crippen molar-refractivity contribution in [1.29, 1.82) is 0 Å². The summed E-state index contributed by atoms with van der Waals surface area (Å²) in [6.07, 6.45) is 0.0302. The first-order valence-electron chi connectivity index (χ1n) is 6.99. The lowest BCUT2D eigenvalue weighted by Gasteiger charge is -2.19. The molecule has 2 aromatic carbocycles. The number of ketones is 1. The largest absolute Gasteiger partial charge is 0.370 e. The van der Waals surface area contributed by atoms with Crippen molar-refractivity contribution in [2.24, 2.45) is 0 Å². The van der Waals surface area contributed by atoms with Gasteiger partial charge in [-0.1, -0.05) is 30.3 Å². The van der Waals surface area contributed by atoms with Gasteiger partial charge in [0.15, 0.2) is 5.78 Å². The first-order valence-corrected chi connectivity index (χ1v) is 6.99. The zero-order valence-electron chi connectivity index (χ0n) is 12.2. The number of hydrogen-bond donors (Lipinski definition) is 2. The zero-order valence-corrected chi connectivity index (χ0v) is 12.2. The molecule has 0 fully saturated rings. The van der Waals surface area contributed by atoms with Gasteiger partial charge in [0.1, 0.15) is 0 Å². The van der Waals surface area contributed by atoms with Gasteiger partial charge in [0.05, 0.1) is 6.42 Å². The number of amides is 1. The van der Waals surface area contributed by atoms with Crippen LogP contribution in [-0.4, -0.2) is 23.9 Å². The molecule has 0 radical (unpaired) electrons. The smallest absolute Gasteiger partial charge is 0.247 e. The summed E-state index contributed by atoms with van der Waals surface area (Å²) in [5.41, 5.74) is 5.39. The standard InChI is InChI=1S/C17H16N2O3/c1-19-10-12-4-2-3-5-13(12)17(21)14-8-11(6-7-15(14)19)9-16(20)18-22/h2-8,22H,9-10H2,1H3,(H,18,20). The number of hydrogen-bond acceptors (Lipinski definition) is 4. The Hall–Kier alpha value is -2.66. The van der Waals surface area contributed by atoms with Gasteiger partial charge in [-0.25, -0.2) is 5.48 Å². The highest BCUT2D eigenvalue weighted by molar-refractivity contribution is 6.14. The summed E-state index contributed by atoms with van der Waals surface area (Å²) < 4.78 is 0. The molecular formula is C17H16N2O3. The lowest BCUT2D eigenvalue weighted by Crippen LogP contribution is -2.21. The van der Waals surface area contributed by atoms with Crippen molar-refractivity contribution in [1.82, 2.24) is 5.48 Å². The Morgan fingerprint density at radius 3 is 2.77 bits per heavy atom. The van der Waals surface area contributed by atoms with Crippen LogP contribution in [0.2, 0.25) is 0 Å².